The molecule has 1 aromatic rings. The van der Waals surface area contributed by atoms with Crippen LogP contribution in [0, 0.1) is 11.8 Å². The maximum atomic E-state index is 12.7. The van der Waals surface area contributed by atoms with Crippen molar-refractivity contribution in [3.63, 3.8) is 0 Å². The lowest BCUT2D eigenvalue weighted by Crippen LogP contribution is -2.38. The second-order valence-corrected chi connectivity index (χ2v) is 6.29. The second-order valence-electron chi connectivity index (χ2n) is 6.29. The Hall–Kier alpha value is -1.84. The van der Waals surface area contributed by atoms with Gasteiger partial charge in [0.1, 0.15) is 0 Å². The van der Waals surface area contributed by atoms with Crippen LogP contribution < -0.4 is 5.32 Å². The van der Waals surface area contributed by atoms with E-state index in [1.165, 1.54) is 0 Å². The first-order chi connectivity index (χ1) is 10.5. The Balaban J connectivity index is 1.95. The molecule has 2 atom stereocenters. The number of benzene rings is 1. The largest absolute Gasteiger partial charge is 0.356 e. The van der Waals surface area contributed by atoms with Gasteiger partial charge in [0.2, 0.25) is 11.8 Å². The van der Waals surface area contributed by atoms with Crippen LogP contribution in [-0.2, 0) is 16.1 Å². The molecule has 120 valence electrons. The fraction of sp³-hybridized carbons (Fsp3) is 0.556. The third kappa shape index (κ3) is 4.09. The number of nitrogens with one attached hydrogen (secondary N) is 1. The maximum absolute atomic E-state index is 12.7. The number of hydrogen-bond donors (Lipinski definition) is 1. The Morgan fingerprint density at radius 2 is 1.91 bits per heavy atom. The van der Waals surface area contributed by atoms with Crippen molar-refractivity contribution in [2.24, 2.45) is 11.8 Å². The van der Waals surface area contributed by atoms with Crippen molar-refractivity contribution in [2.45, 2.75) is 46.2 Å². The van der Waals surface area contributed by atoms with Crippen molar-refractivity contribution in [1.82, 2.24) is 10.2 Å². The molecular weight excluding hydrogens is 276 g/mol. The molecule has 4 heteroatoms. The van der Waals surface area contributed by atoms with Crippen molar-refractivity contribution in [3.05, 3.63) is 35.9 Å². The fourth-order valence-corrected chi connectivity index (χ4v) is 2.65. The molecule has 22 heavy (non-hydrogen) atoms. The lowest BCUT2D eigenvalue weighted by atomic mass is 10.1. The summed E-state index contributed by atoms with van der Waals surface area (Å²) in [5.41, 5.74) is 1.12. The van der Waals surface area contributed by atoms with Gasteiger partial charge in [0.15, 0.2) is 0 Å². The molecule has 0 aromatic heterocycles. The van der Waals surface area contributed by atoms with Crippen molar-refractivity contribution in [1.29, 1.82) is 0 Å². The fourth-order valence-electron chi connectivity index (χ4n) is 2.65. The molecule has 1 aliphatic carbocycles. The Labute approximate surface area is 132 Å². The first-order valence-corrected chi connectivity index (χ1v) is 8.16. The average molecular weight is 302 g/mol. The van der Waals surface area contributed by atoms with E-state index in [1.807, 2.05) is 56.0 Å². The van der Waals surface area contributed by atoms with Gasteiger partial charge in [-0.2, -0.15) is 0 Å². The zero-order valence-electron chi connectivity index (χ0n) is 13.7. The molecule has 0 aliphatic heterocycles. The highest BCUT2D eigenvalue weighted by atomic mass is 16.2. The van der Waals surface area contributed by atoms with Crippen LogP contribution in [0.1, 0.15) is 39.2 Å². The molecule has 1 fully saturated rings. The van der Waals surface area contributed by atoms with Gasteiger partial charge >= 0.3 is 0 Å². The van der Waals surface area contributed by atoms with Crippen LogP contribution in [0.15, 0.2) is 30.3 Å². The minimum atomic E-state index is -0.136. The van der Waals surface area contributed by atoms with Crippen LogP contribution >= 0.6 is 0 Å². The van der Waals surface area contributed by atoms with Crippen molar-refractivity contribution < 1.29 is 9.59 Å². The Bertz CT molecular complexity index is 513. The molecular formula is C18H26N2O2. The van der Waals surface area contributed by atoms with Crippen LogP contribution in [0.2, 0.25) is 0 Å². The van der Waals surface area contributed by atoms with Crippen LogP contribution in [0.5, 0.6) is 0 Å². The maximum Gasteiger partial charge on any atom is 0.227 e. The standard InChI is InChI=1S/C18H26N2O2/c1-4-10-19-17(21)15-11-16(15)18(22)20(13(2)3)12-14-8-6-5-7-9-14/h5-9,13,15-16H,4,10-12H2,1-3H3,(H,19,21). The van der Waals surface area contributed by atoms with Gasteiger partial charge in [-0.3, -0.25) is 9.59 Å². The highest BCUT2D eigenvalue weighted by molar-refractivity contribution is 5.92. The van der Waals surface area contributed by atoms with Crippen LogP contribution in [0.4, 0.5) is 0 Å². The molecule has 2 unspecified atom stereocenters. The van der Waals surface area contributed by atoms with E-state index in [0.29, 0.717) is 19.5 Å². The number of carbonyl (C=O) groups excluding carboxylic acids is 2. The topological polar surface area (TPSA) is 49.4 Å². The highest BCUT2D eigenvalue weighted by Gasteiger charge is 2.49. The van der Waals surface area contributed by atoms with Gasteiger partial charge in [0.25, 0.3) is 0 Å². The minimum Gasteiger partial charge on any atom is -0.356 e. The SMILES string of the molecule is CCCNC(=O)C1CC1C(=O)N(Cc1ccccc1)C(C)C. The van der Waals surface area contributed by atoms with E-state index >= 15 is 0 Å². The number of nitrogens with zero attached hydrogens (tertiary/aromatic N) is 1. The quantitative estimate of drug-likeness (QED) is 0.841. The summed E-state index contributed by atoms with van der Waals surface area (Å²) < 4.78 is 0. The summed E-state index contributed by atoms with van der Waals surface area (Å²) >= 11 is 0. The van der Waals surface area contributed by atoms with E-state index in [2.05, 4.69) is 5.32 Å². The average Bonchev–Trinajstić information content (AvgIpc) is 3.31. The van der Waals surface area contributed by atoms with Crippen molar-refractivity contribution in [2.75, 3.05) is 6.54 Å². The molecule has 0 heterocycles. The van der Waals surface area contributed by atoms with E-state index in [1.54, 1.807) is 0 Å². The van der Waals surface area contributed by atoms with Crippen LogP contribution in [-0.4, -0.2) is 29.3 Å². The second kappa shape index (κ2) is 7.43. The van der Waals surface area contributed by atoms with E-state index in [4.69, 9.17) is 0 Å². The summed E-state index contributed by atoms with van der Waals surface area (Å²) in [6, 6.07) is 10.1. The summed E-state index contributed by atoms with van der Waals surface area (Å²) in [5, 5.41) is 2.89. The predicted molar refractivity (Wildman–Crippen MR) is 87.0 cm³/mol. The van der Waals surface area contributed by atoms with Gasteiger partial charge in [-0.05, 0) is 32.3 Å². The molecule has 1 saturated carbocycles. The minimum absolute atomic E-state index is 0.0311. The van der Waals surface area contributed by atoms with Gasteiger partial charge in [-0.15, -0.1) is 0 Å². The van der Waals surface area contributed by atoms with Gasteiger partial charge in [0, 0.05) is 19.1 Å². The van der Waals surface area contributed by atoms with E-state index in [9.17, 15) is 9.59 Å². The van der Waals surface area contributed by atoms with Crippen LogP contribution in [0.25, 0.3) is 0 Å². The number of carbonyl (C=O) groups is 2. The molecule has 0 spiro atoms. The lowest BCUT2D eigenvalue weighted by Gasteiger charge is -2.27. The number of amides is 2. The Morgan fingerprint density at radius 1 is 1.23 bits per heavy atom. The van der Waals surface area contributed by atoms with Gasteiger partial charge in [0.05, 0.1) is 11.8 Å². The highest BCUT2D eigenvalue weighted by Crippen LogP contribution is 2.40. The third-order valence-corrected chi connectivity index (χ3v) is 4.10. The zero-order chi connectivity index (χ0) is 16.1. The van der Waals surface area contributed by atoms with Crippen LogP contribution in [0.3, 0.4) is 0 Å². The predicted octanol–water partition coefficient (Wildman–Crippen LogP) is 2.59. The molecule has 2 rings (SSSR count). The summed E-state index contributed by atoms with van der Waals surface area (Å²) in [7, 11) is 0. The van der Waals surface area contributed by atoms with E-state index in [0.717, 1.165) is 12.0 Å². The summed E-state index contributed by atoms with van der Waals surface area (Å²) in [6.45, 7) is 7.37. The smallest absolute Gasteiger partial charge is 0.227 e. The third-order valence-electron chi connectivity index (χ3n) is 4.10. The first kappa shape index (κ1) is 16.5. The van der Waals surface area contributed by atoms with Crippen molar-refractivity contribution >= 4 is 11.8 Å². The van der Waals surface area contributed by atoms with Gasteiger partial charge in [-0.25, -0.2) is 0 Å². The van der Waals surface area contributed by atoms with Gasteiger partial charge in [-0.1, -0.05) is 37.3 Å². The Morgan fingerprint density at radius 3 is 2.50 bits per heavy atom. The zero-order valence-corrected chi connectivity index (χ0v) is 13.7. The molecule has 0 radical (unpaired) electrons. The molecule has 1 aromatic carbocycles. The molecule has 0 bridgehead atoms. The number of hydrogen-bond acceptors (Lipinski definition) is 2. The number of rotatable bonds is 7. The summed E-state index contributed by atoms with van der Waals surface area (Å²) in [4.78, 5) is 26.5. The normalized spacial score (nSPS) is 19.8. The molecule has 1 aliphatic rings. The summed E-state index contributed by atoms with van der Waals surface area (Å²) in [6.07, 6.45) is 1.61. The summed E-state index contributed by atoms with van der Waals surface area (Å²) in [5.74, 6) is -0.127. The van der Waals surface area contributed by atoms with Gasteiger partial charge < -0.3 is 10.2 Å². The lowest BCUT2D eigenvalue weighted by molar-refractivity contribution is -0.136. The molecule has 0 saturated heterocycles. The Kier molecular flexibility index (Phi) is 5.58. The van der Waals surface area contributed by atoms with Crippen molar-refractivity contribution in [3.8, 4) is 0 Å². The molecule has 4 nitrogen and oxygen atoms in total. The van der Waals surface area contributed by atoms with E-state index in [-0.39, 0.29) is 29.7 Å². The van der Waals surface area contributed by atoms with E-state index < -0.39 is 0 Å². The molecule has 2 amide bonds. The monoisotopic (exact) mass is 302 g/mol. The molecule has 1 N–H and O–H groups in total. The first-order valence-electron chi connectivity index (χ1n) is 8.16.